The molecule has 0 nitrogen and oxygen atoms in total. The van der Waals surface area contributed by atoms with E-state index in [-0.39, 0.29) is 0 Å². The minimum atomic E-state index is 0.433. The van der Waals surface area contributed by atoms with Gasteiger partial charge in [-0.3, -0.25) is 0 Å². The molecule has 0 saturated heterocycles. The monoisotopic (exact) mass is 117 g/mol. The lowest BCUT2D eigenvalue weighted by atomic mass is 10.2. The van der Waals surface area contributed by atoms with Gasteiger partial charge in [0.25, 0.3) is 0 Å². The van der Waals surface area contributed by atoms with Gasteiger partial charge in [-0.15, -0.1) is 6.42 Å². The first kappa shape index (κ1) is 4.64. The van der Waals surface area contributed by atoms with Gasteiger partial charge in [-0.25, -0.2) is 0 Å². The highest BCUT2D eigenvalue weighted by atomic mass is 13.9. The Hall–Kier alpha value is -1.22. The highest BCUT2D eigenvalue weighted by Gasteiger charge is 1.82. The summed E-state index contributed by atoms with van der Waals surface area (Å²) in [6, 6.07) is 5.89. The molecule has 0 saturated carbocycles. The van der Waals surface area contributed by atoms with Gasteiger partial charge in [-0.05, 0) is 19.0 Å². The molecule has 0 aliphatic rings. The molecule has 0 aromatic heterocycles. The van der Waals surface area contributed by atoms with Crippen LogP contribution in [0, 0.1) is 19.3 Å². The van der Waals surface area contributed by atoms with Crippen LogP contribution in [0.4, 0.5) is 0 Å². The van der Waals surface area contributed by atoms with Crippen molar-refractivity contribution >= 4 is 0 Å². The standard InChI is InChI=1S/C9H8/c1-3-9-6-4-8(2)5-7-9/h1,4-7H,2H3/i6D. The van der Waals surface area contributed by atoms with E-state index < -0.39 is 0 Å². The van der Waals surface area contributed by atoms with Crippen molar-refractivity contribution in [2.45, 2.75) is 6.92 Å². The summed E-state index contributed by atoms with van der Waals surface area (Å²) in [5.74, 6) is 2.43. The van der Waals surface area contributed by atoms with Crippen molar-refractivity contribution in [3.63, 3.8) is 0 Å². The van der Waals surface area contributed by atoms with Crippen LogP contribution in [0.1, 0.15) is 12.5 Å². The summed E-state index contributed by atoms with van der Waals surface area (Å²) >= 11 is 0. The summed E-state index contributed by atoms with van der Waals surface area (Å²) in [4.78, 5) is 0. The Labute approximate surface area is 56.9 Å². The zero-order valence-electron chi connectivity index (χ0n) is 6.31. The van der Waals surface area contributed by atoms with E-state index in [1.165, 1.54) is 0 Å². The molecular formula is C9H8. The van der Waals surface area contributed by atoms with Crippen LogP contribution in [0.3, 0.4) is 0 Å². The van der Waals surface area contributed by atoms with Gasteiger partial charge < -0.3 is 0 Å². The summed E-state index contributed by atoms with van der Waals surface area (Å²) in [6.07, 6.45) is 5.13. The van der Waals surface area contributed by atoms with Crippen molar-refractivity contribution in [2.24, 2.45) is 0 Å². The van der Waals surface area contributed by atoms with Crippen LogP contribution in [0.25, 0.3) is 0 Å². The molecule has 0 spiro atoms. The zero-order chi connectivity index (χ0) is 7.56. The summed E-state index contributed by atoms with van der Waals surface area (Å²) < 4.78 is 7.37. The van der Waals surface area contributed by atoms with Gasteiger partial charge in [0.2, 0.25) is 0 Å². The molecule has 1 aromatic carbocycles. The molecule has 0 amide bonds. The van der Waals surface area contributed by atoms with E-state index in [1.807, 2.05) is 13.0 Å². The number of aryl methyl sites for hydroxylation is 1. The van der Waals surface area contributed by atoms with E-state index in [9.17, 15) is 0 Å². The third-order valence-corrected chi connectivity index (χ3v) is 1.12. The maximum atomic E-state index is 7.37. The number of rotatable bonds is 0. The smallest absolute Gasteiger partial charge is 0.0636 e. The van der Waals surface area contributed by atoms with Crippen LogP contribution < -0.4 is 0 Å². The van der Waals surface area contributed by atoms with Crippen molar-refractivity contribution in [3.05, 3.63) is 35.4 Å². The molecule has 0 aliphatic heterocycles. The summed E-state index contributed by atoms with van der Waals surface area (Å²) in [5, 5.41) is 0. The average Bonchev–Trinajstić information content (AvgIpc) is 1.88. The predicted octanol–water partition coefficient (Wildman–Crippen LogP) is 1.98. The van der Waals surface area contributed by atoms with Gasteiger partial charge in [0.1, 0.15) is 0 Å². The van der Waals surface area contributed by atoms with Crippen LogP contribution >= 0.6 is 0 Å². The zero-order valence-corrected chi connectivity index (χ0v) is 5.31. The molecule has 0 heteroatoms. The van der Waals surface area contributed by atoms with Gasteiger partial charge in [-0.2, -0.15) is 0 Å². The minimum absolute atomic E-state index is 0.433. The Bertz CT molecular complexity index is 281. The molecule has 0 atom stereocenters. The van der Waals surface area contributed by atoms with Gasteiger partial charge in [0.15, 0.2) is 0 Å². The van der Waals surface area contributed by atoms with Crippen molar-refractivity contribution in [3.8, 4) is 12.3 Å². The lowest BCUT2D eigenvalue weighted by Crippen LogP contribution is -1.72. The molecule has 0 bridgehead atoms. The van der Waals surface area contributed by atoms with Crippen LogP contribution in [-0.4, -0.2) is 0 Å². The largest absolute Gasteiger partial charge is 0.115 e. The fourth-order valence-electron chi connectivity index (χ4n) is 0.592. The van der Waals surface area contributed by atoms with Gasteiger partial charge in [0.05, 0.1) is 1.37 Å². The molecule has 0 aliphatic carbocycles. The van der Waals surface area contributed by atoms with E-state index >= 15 is 0 Å². The third kappa shape index (κ3) is 1.33. The van der Waals surface area contributed by atoms with Gasteiger partial charge in [0, 0.05) is 5.56 Å². The number of benzene rings is 1. The second-order valence-corrected chi connectivity index (χ2v) is 1.92. The first-order valence-corrected chi connectivity index (χ1v) is 2.78. The average molecular weight is 117 g/mol. The second-order valence-electron chi connectivity index (χ2n) is 1.92. The number of hydrogen-bond donors (Lipinski definition) is 0. The Balaban J connectivity index is 3.23. The lowest BCUT2D eigenvalue weighted by molar-refractivity contribution is 1.46. The molecular weight excluding hydrogens is 108 g/mol. The molecule has 0 radical (unpaired) electrons. The molecule has 44 valence electrons. The van der Waals surface area contributed by atoms with Crippen molar-refractivity contribution in [2.75, 3.05) is 0 Å². The fourth-order valence-corrected chi connectivity index (χ4v) is 0.592. The summed E-state index contributed by atoms with van der Waals surface area (Å²) in [7, 11) is 0. The SMILES string of the molecule is [2H]c1cc(C)ccc1C#C. The minimum Gasteiger partial charge on any atom is -0.115 e. The normalized spacial score (nSPS) is 10.0. The Morgan fingerprint density at radius 2 is 2.33 bits per heavy atom. The van der Waals surface area contributed by atoms with E-state index in [2.05, 4.69) is 5.92 Å². The molecule has 0 N–H and O–H groups in total. The highest BCUT2D eigenvalue weighted by Crippen LogP contribution is 1.99. The van der Waals surface area contributed by atoms with E-state index in [1.54, 1.807) is 12.1 Å². The first-order chi connectivity index (χ1) is 4.74. The Morgan fingerprint density at radius 3 is 2.89 bits per heavy atom. The molecule has 0 heterocycles. The van der Waals surface area contributed by atoms with Gasteiger partial charge >= 0.3 is 0 Å². The topological polar surface area (TPSA) is 0 Å². The maximum absolute atomic E-state index is 7.37. The molecule has 1 rings (SSSR count). The molecule has 0 unspecified atom stereocenters. The van der Waals surface area contributed by atoms with Crippen molar-refractivity contribution in [1.29, 1.82) is 0 Å². The van der Waals surface area contributed by atoms with Gasteiger partial charge in [-0.1, -0.05) is 23.6 Å². The van der Waals surface area contributed by atoms with Crippen LogP contribution in [-0.2, 0) is 0 Å². The molecule has 0 fully saturated rings. The second kappa shape index (κ2) is 2.37. The Kier molecular flexibility index (Phi) is 1.22. The third-order valence-electron chi connectivity index (χ3n) is 1.12. The van der Waals surface area contributed by atoms with E-state index in [0.717, 1.165) is 5.56 Å². The predicted molar refractivity (Wildman–Crippen MR) is 39.1 cm³/mol. The molecule has 1 aromatic rings. The quantitative estimate of drug-likeness (QED) is 0.456. The Morgan fingerprint density at radius 1 is 1.56 bits per heavy atom. The highest BCUT2D eigenvalue weighted by molar-refractivity contribution is 5.33. The van der Waals surface area contributed by atoms with Crippen molar-refractivity contribution in [1.82, 2.24) is 0 Å². The van der Waals surface area contributed by atoms with Crippen LogP contribution in [0.15, 0.2) is 24.2 Å². The summed E-state index contributed by atoms with van der Waals surface area (Å²) in [5.41, 5.74) is 1.73. The number of hydrogen-bond acceptors (Lipinski definition) is 0. The van der Waals surface area contributed by atoms with Crippen molar-refractivity contribution < 1.29 is 1.37 Å². The molecule has 9 heavy (non-hydrogen) atoms. The number of terminal acetylenes is 1. The lowest BCUT2D eigenvalue weighted by Gasteiger charge is -1.89. The van der Waals surface area contributed by atoms with Crippen LogP contribution in [0.5, 0.6) is 0 Å². The van der Waals surface area contributed by atoms with E-state index in [0.29, 0.717) is 11.6 Å². The van der Waals surface area contributed by atoms with Crippen LogP contribution in [0.2, 0.25) is 0 Å². The fraction of sp³-hybridized carbons (Fsp3) is 0.111. The first-order valence-electron chi connectivity index (χ1n) is 3.28. The van der Waals surface area contributed by atoms with E-state index in [4.69, 9.17) is 7.79 Å². The maximum Gasteiger partial charge on any atom is 0.0636 e. The summed E-state index contributed by atoms with van der Waals surface area (Å²) in [6.45, 7) is 1.94.